The summed E-state index contributed by atoms with van der Waals surface area (Å²) in [6.07, 6.45) is -1.45. The molecular weight excluding hydrogens is 319 g/mol. The van der Waals surface area contributed by atoms with E-state index in [0.29, 0.717) is 16.2 Å². The fourth-order valence-electron chi connectivity index (χ4n) is 2.04. The molecule has 0 aliphatic rings. The molecule has 0 aliphatic carbocycles. The quantitative estimate of drug-likeness (QED) is 0.787. The van der Waals surface area contributed by atoms with Gasteiger partial charge in [-0.1, -0.05) is 0 Å². The second-order valence-corrected chi connectivity index (χ2v) is 6.37. The number of nitrogens with one attached hydrogen (secondary N) is 1. The van der Waals surface area contributed by atoms with E-state index in [1.54, 1.807) is 24.6 Å². The van der Waals surface area contributed by atoms with Crippen molar-refractivity contribution in [2.75, 3.05) is 7.05 Å². The Morgan fingerprint density at radius 3 is 2.71 bits per heavy atom. The number of alkyl halides is 3. The number of hydrogen-bond acceptors (Lipinski definition) is 5. The first-order chi connectivity index (χ1) is 9.99. The van der Waals surface area contributed by atoms with Gasteiger partial charge in [0, 0.05) is 17.3 Å². The normalized spacial score (nSPS) is 13.7. The molecule has 1 atom stereocenters. The Bertz CT molecular complexity index is 763. The lowest BCUT2D eigenvalue weighted by atomic mass is 10.1. The third kappa shape index (κ3) is 2.78. The third-order valence-electron chi connectivity index (χ3n) is 3.00. The fourth-order valence-corrected chi connectivity index (χ4v) is 3.75. The number of nitrogens with zero attached hydrogens (tertiary/aromatic N) is 2. The zero-order valence-electron chi connectivity index (χ0n) is 10.8. The van der Waals surface area contributed by atoms with Gasteiger partial charge in [-0.2, -0.15) is 13.2 Å². The third-order valence-corrected chi connectivity index (χ3v) is 4.96. The van der Waals surface area contributed by atoms with Crippen LogP contribution in [-0.4, -0.2) is 17.0 Å². The van der Waals surface area contributed by atoms with Crippen LogP contribution in [0.5, 0.6) is 0 Å². The number of fused-ring (bicyclic) bond motifs is 1. The standard InChI is InChI=1S/C13H10F3N3S2/c1-17-11(10-6-19-12(21-10)13(14,15)16)7-4-9-8(18-5-7)2-3-20-9/h2-6,11,17H,1H3. The van der Waals surface area contributed by atoms with Gasteiger partial charge in [0.05, 0.1) is 16.3 Å². The van der Waals surface area contributed by atoms with Gasteiger partial charge in [0.1, 0.15) is 0 Å². The van der Waals surface area contributed by atoms with Gasteiger partial charge < -0.3 is 5.32 Å². The van der Waals surface area contributed by atoms with Crippen molar-refractivity contribution in [2.45, 2.75) is 12.2 Å². The average Bonchev–Trinajstić information content (AvgIpc) is 3.06. The molecule has 3 nitrogen and oxygen atoms in total. The van der Waals surface area contributed by atoms with Gasteiger partial charge in [-0.05, 0) is 30.1 Å². The molecule has 3 rings (SSSR count). The monoisotopic (exact) mass is 329 g/mol. The van der Waals surface area contributed by atoms with Crippen molar-refractivity contribution < 1.29 is 13.2 Å². The lowest BCUT2D eigenvalue weighted by Gasteiger charge is -2.14. The maximum absolute atomic E-state index is 12.7. The van der Waals surface area contributed by atoms with Crippen LogP contribution in [0, 0.1) is 0 Å². The Balaban J connectivity index is 1.99. The Kier molecular flexibility index (Phi) is 3.68. The summed E-state index contributed by atoms with van der Waals surface area (Å²) in [6, 6.07) is 3.51. The van der Waals surface area contributed by atoms with Gasteiger partial charge in [0.25, 0.3) is 0 Å². The number of hydrogen-bond donors (Lipinski definition) is 1. The second-order valence-electron chi connectivity index (χ2n) is 4.36. The van der Waals surface area contributed by atoms with Crippen molar-refractivity contribution >= 4 is 32.9 Å². The molecule has 3 heterocycles. The fraction of sp³-hybridized carbons (Fsp3) is 0.231. The van der Waals surface area contributed by atoms with E-state index in [2.05, 4.69) is 15.3 Å². The van der Waals surface area contributed by atoms with E-state index >= 15 is 0 Å². The average molecular weight is 329 g/mol. The zero-order valence-corrected chi connectivity index (χ0v) is 12.4. The molecule has 1 N–H and O–H groups in total. The predicted molar refractivity (Wildman–Crippen MR) is 77.6 cm³/mol. The molecule has 0 aliphatic heterocycles. The van der Waals surface area contributed by atoms with Crippen LogP contribution in [0.2, 0.25) is 0 Å². The predicted octanol–water partition coefficient (Wildman–Crippen LogP) is 4.08. The van der Waals surface area contributed by atoms with Gasteiger partial charge in [0.15, 0.2) is 5.01 Å². The highest BCUT2D eigenvalue weighted by Crippen LogP contribution is 2.36. The smallest absolute Gasteiger partial charge is 0.309 e. The van der Waals surface area contributed by atoms with Crippen LogP contribution in [0.25, 0.3) is 10.2 Å². The van der Waals surface area contributed by atoms with Crippen molar-refractivity contribution in [2.24, 2.45) is 0 Å². The van der Waals surface area contributed by atoms with Crippen molar-refractivity contribution in [3.63, 3.8) is 0 Å². The molecule has 0 bridgehead atoms. The van der Waals surface area contributed by atoms with Crippen molar-refractivity contribution in [3.8, 4) is 0 Å². The van der Waals surface area contributed by atoms with Crippen LogP contribution in [-0.2, 0) is 6.18 Å². The molecule has 0 saturated carbocycles. The van der Waals surface area contributed by atoms with Crippen molar-refractivity contribution in [1.82, 2.24) is 15.3 Å². The molecule has 0 fully saturated rings. The SMILES string of the molecule is CNC(c1cnc2ccsc2c1)c1cnc(C(F)(F)F)s1. The van der Waals surface area contributed by atoms with E-state index in [1.807, 2.05) is 17.5 Å². The molecule has 0 radical (unpaired) electrons. The first kappa shape index (κ1) is 14.4. The van der Waals surface area contributed by atoms with Crippen LogP contribution >= 0.6 is 22.7 Å². The minimum absolute atomic E-state index is 0.349. The Morgan fingerprint density at radius 2 is 2.05 bits per heavy atom. The molecule has 0 spiro atoms. The number of rotatable bonds is 3. The number of thiophene rings is 1. The maximum Gasteiger partial charge on any atom is 0.443 e. The summed E-state index contributed by atoms with van der Waals surface area (Å²) < 4.78 is 39.0. The maximum atomic E-state index is 12.7. The van der Waals surface area contributed by atoms with E-state index < -0.39 is 11.2 Å². The molecule has 0 aromatic carbocycles. The molecular formula is C13H10F3N3S2. The molecule has 110 valence electrons. The molecule has 8 heteroatoms. The van der Waals surface area contributed by atoms with Gasteiger partial charge in [-0.15, -0.1) is 22.7 Å². The highest BCUT2D eigenvalue weighted by atomic mass is 32.1. The van der Waals surface area contributed by atoms with Gasteiger partial charge in [0.2, 0.25) is 0 Å². The Labute approximate surface area is 126 Å². The van der Waals surface area contributed by atoms with Gasteiger partial charge >= 0.3 is 6.18 Å². The largest absolute Gasteiger partial charge is 0.443 e. The first-order valence-corrected chi connectivity index (χ1v) is 7.72. The first-order valence-electron chi connectivity index (χ1n) is 6.02. The van der Waals surface area contributed by atoms with Crippen LogP contribution in [0.15, 0.2) is 29.9 Å². The number of thiazole rings is 1. The van der Waals surface area contributed by atoms with E-state index in [0.717, 1.165) is 15.8 Å². The molecule has 0 saturated heterocycles. The minimum Gasteiger partial charge on any atom is -0.309 e. The Morgan fingerprint density at radius 1 is 1.24 bits per heavy atom. The summed E-state index contributed by atoms with van der Waals surface area (Å²) in [4.78, 5) is 8.31. The van der Waals surface area contributed by atoms with Crippen LogP contribution in [0.1, 0.15) is 21.5 Å². The zero-order chi connectivity index (χ0) is 15.0. The highest BCUT2D eigenvalue weighted by Gasteiger charge is 2.35. The molecule has 3 aromatic heterocycles. The van der Waals surface area contributed by atoms with E-state index in [-0.39, 0.29) is 6.04 Å². The van der Waals surface area contributed by atoms with Crippen molar-refractivity contribution in [1.29, 1.82) is 0 Å². The Hall–Kier alpha value is -1.51. The van der Waals surface area contributed by atoms with E-state index in [4.69, 9.17) is 0 Å². The van der Waals surface area contributed by atoms with Gasteiger partial charge in [-0.25, -0.2) is 4.98 Å². The summed E-state index contributed by atoms with van der Waals surface area (Å²) in [5.41, 5.74) is 1.71. The summed E-state index contributed by atoms with van der Waals surface area (Å²) in [5.74, 6) is 0. The number of aromatic nitrogens is 2. The van der Waals surface area contributed by atoms with Crippen LogP contribution in [0.3, 0.4) is 0 Å². The highest BCUT2D eigenvalue weighted by molar-refractivity contribution is 7.17. The lowest BCUT2D eigenvalue weighted by molar-refractivity contribution is -0.137. The summed E-state index contributed by atoms with van der Waals surface area (Å²) in [7, 11) is 1.70. The van der Waals surface area contributed by atoms with Crippen molar-refractivity contribution in [3.05, 3.63) is 45.4 Å². The van der Waals surface area contributed by atoms with E-state index in [9.17, 15) is 13.2 Å². The molecule has 0 amide bonds. The summed E-state index contributed by atoms with van der Waals surface area (Å²) >= 11 is 2.20. The number of pyridine rings is 1. The molecule has 21 heavy (non-hydrogen) atoms. The molecule has 3 aromatic rings. The minimum atomic E-state index is -4.41. The molecule has 1 unspecified atom stereocenters. The van der Waals surface area contributed by atoms with E-state index in [1.165, 1.54) is 6.20 Å². The van der Waals surface area contributed by atoms with Gasteiger partial charge in [-0.3, -0.25) is 4.98 Å². The summed E-state index contributed by atoms with van der Waals surface area (Å²) in [6.45, 7) is 0. The van der Waals surface area contributed by atoms with Crippen LogP contribution in [0.4, 0.5) is 13.2 Å². The number of halogens is 3. The lowest BCUT2D eigenvalue weighted by Crippen LogP contribution is -2.16. The summed E-state index contributed by atoms with van der Waals surface area (Å²) in [5, 5.41) is 4.13. The van der Waals surface area contributed by atoms with Crippen LogP contribution < -0.4 is 5.32 Å². The topological polar surface area (TPSA) is 37.8 Å². The second kappa shape index (κ2) is 5.36.